The molecule has 0 spiro atoms. The van der Waals surface area contributed by atoms with Gasteiger partial charge in [-0.3, -0.25) is 0 Å². The molecule has 0 aliphatic carbocycles. The van der Waals surface area contributed by atoms with Gasteiger partial charge in [-0.25, -0.2) is 4.98 Å². The Morgan fingerprint density at radius 2 is 2.27 bits per heavy atom. The van der Waals surface area contributed by atoms with Crippen LogP contribution >= 0.6 is 0 Å². The molecule has 0 bridgehead atoms. The number of aromatic nitrogens is 1. The molecule has 4 nitrogen and oxygen atoms in total. The zero-order valence-electron chi connectivity index (χ0n) is 8.95. The average Bonchev–Trinajstić information content (AvgIpc) is 2.30. The normalized spacial score (nSPS) is 9.60. The van der Waals surface area contributed by atoms with Crippen molar-refractivity contribution in [1.82, 2.24) is 10.3 Å². The van der Waals surface area contributed by atoms with Gasteiger partial charge in [-0.1, -0.05) is 6.92 Å². The van der Waals surface area contributed by atoms with Crippen molar-refractivity contribution < 1.29 is 0 Å². The highest BCUT2D eigenvalue weighted by Gasteiger charge is 1.93. The molecular formula is C11H16N4. The lowest BCUT2D eigenvalue weighted by molar-refractivity contribution is 0.688. The zero-order chi connectivity index (χ0) is 10.9. The van der Waals surface area contributed by atoms with Crippen LogP contribution in [0.2, 0.25) is 0 Å². The summed E-state index contributed by atoms with van der Waals surface area (Å²) in [6.07, 6.45) is 2.76. The average molecular weight is 204 g/mol. The zero-order valence-corrected chi connectivity index (χ0v) is 8.95. The first kappa shape index (κ1) is 11.5. The van der Waals surface area contributed by atoms with Gasteiger partial charge in [0.25, 0.3) is 0 Å². The number of nitrogens with zero attached hydrogens (tertiary/aromatic N) is 2. The highest BCUT2D eigenvalue weighted by molar-refractivity contribution is 5.42. The van der Waals surface area contributed by atoms with Gasteiger partial charge in [-0.15, -0.1) is 0 Å². The van der Waals surface area contributed by atoms with Gasteiger partial charge in [0, 0.05) is 6.54 Å². The maximum Gasteiger partial charge on any atom is 0.140 e. The summed E-state index contributed by atoms with van der Waals surface area (Å²) in [6.45, 7) is 5.05. The smallest absolute Gasteiger partial charge is 0.140 e. The molecule has 4 heteroatoms. The van der Waals surface area contributed by atoms with Crippen molar-refractivity contribution in [3.63, 3.8) is 0 Å². The van der Waals surface area contributed by atoms with Crippen LogP contribution in [0.25, 0.3) is 0 Å². The van der Waals surface area contributed by atoms with Crippen molar-refractivity contribution in [2.45, 2.75) is 13.3 Å². The van der Waals surface area contributed by atoms with Gasteiger partial charge in [0.05, 0.1) is 11.9 Å². The van der Waals surface area contributed by atoms with Crippen LogP contribution in [0, 0.1) is 11.3 Å². The van der Waals surface area contributed by atoms with Crippen LogP contribution in [0.4, 0.5) is 5.69 Å². The monoisotopic (exact) mass is 204 g/mol. The molecule has 1 aromatic heterocycles. The van der Waals surface area contributed by atoms with E-state index in [2.05, 4.69) is 22.5 Å². The van der Waals surface area contributed by atoms with E-state index in [1.54, 1.807) is 12.3 Å². The topological polar surface area (TPSA) is 60.7 Å². The van der Waals surface area contributed by atoms with Crippen LogP contribution in [0.1, 0.15) is 19.0 Å². The Kier molecular flexibility index (Phi) is 5.20. The molecule has 0 fully saturated rings. The molecule has 1 heterocycles. The lowest BCUT2D eigenvalue weighted by Gasteiger charge is -2.05. The largest absolute Gasteiger partial charge is 0.384 e. The van der Waals surface area contributed by atoms with Crippen molar-refractivity contribution in [2.24, 2.45) is 0 Å². The van der Waals surface area contributed by atoms with Crippen LogP contribution in [0.15, 0.2) is 18.3 Å². The van der Waals surface area contributed by atoms with Gasteiger partial charge in [0.2, 0.25) is 0 Å². The van der Waals surface area contributed by atoms with Crippen molar-refractivity contribution in [1.29, 1.82) is 5.26 Å². The minimum atomic E-state index is 0.452. The van der Waals surface area contributed by atoms with E-state index in [4.69, 9.17) is 5.26 Å². The summed E-state index contributed by atoms with van der Waals surface area (Å²) >= 11 is 0. The van der Waals surface area contributed by atoms with E-state index in [0.717, 1.165) is 31.7 Å². The van der Waals surface area contributed by atoms with Crippen molar-refractivity contribution >= 4 is 5.69 Å². The molecular weight excluding hydrogens is 188 g/mol. The minimum absolute atomic E-state index is 0.452. The second-order valence-corrected chi connectivity index (χ2v) is 3.18. The molecule has 0 unspecified atom stereocenters. The van der Waals surface area contributed by atoms with E-state index in [1.165, 1.54) is 0 Å². The van der Waals surface area contributed by atoms with E-state index in [-0.39, 0.29) is 0 Å². The van der Waals surface area contributed by atoms with Crippen LogP contribution in [0.5, 0.6) is 0 Å². The van der Waals surface area contributed by atoms with Crippen molar-refractivity contribution in [3.05, 3.63) is 24.0 Å². The summed E-state index contributed by atoms with van der Waals surface area (Å²) in [4.78, 5) is 3.97. The molecule has 80 valence electrons. The van der Waals surface area contributed by atoms with Crippen LogP contribution in [-0.2, 0) is 0 Å². The first-order valence-electron chi connectivity index (χ1n) is 5.17. The van der Waals surface area contributed by atoms with E-state index in [1.807, 2.05) is 12.1 Å². The number of nitriles is 1. The standard InChI is InChI=1S/C11H16N4/c1-2-13-6-3-7-14-11-5-4-10(8-12)15-9-11/h4-5,9,13-14H,2-3,6-7H2,1H3. The second kappa shape index (κ2) is 6.80. The van der Waals surface area contributed by atoms with Gasteiger partial charge < -0.3 is 10.6 Å². The van der Waals surface area contributed by atoms with E-state index >= 15 is 0 Å². The molecule has 0 radical (unpaired) electrons. The number of nitrogens with one attached hydrogen (secondary N) is 2. The Morgan fingerprint density at radius 1 is 1.40 bits per heavy atom. The fourth-order valence-electron chi connectivity index (χ4n) is 1.19. The lowest BCUT2D eigenvalue weighted by Crippen LogP contribution is -2.17. The molecule has 0 amide bonds. The third-order valence-electron chi connectivity index (χ3n) is 1.99. The summed E-state index contributed by atoms with van der Waals surface area (Å²) in [7, 11) is 0. The second-order valence-electron chi connectivity index (χ2n) is 3.18. The predicted molar refractivity (Wildman–Crippen MR) is 60.6 cm³/mol. The quantitative estimate of drug-likeness (QED) is 0.687. The first-order valence-corrected chi connectivity index (χ1v) is 5.17. The molecule has 0 saturated carbocycles. The van der Waals surface area contributed by atoms with Crippen LogP contribution in [0.3, 0.4) is 0 Å². The maximum atomic E-state index is 8.56. The summed E-state index contributed by atoms with van der Waals surface area (Å²) in [5, 5.41) is 15.1. The van der Waals surface area contributed by atoms with Crippen LogP contribution < -0.4 is 10.6 Å². The lowest BCUT2D eigenvalue weighted by atomic mass is 10.3. The summed E-state index contributed by atoms with van der Waals surface area (Å²) in [6, 6.07) is 5.58. The van der Waals surface area contributed by atoms with Crippen molar-refractivity contribution in [2.75, 3.05) is 25.0 Å². The van der Waals surface area contributed by atoms with Gasteiger partial charge in [0.15, 0.2) is 0 Å². The molecule has 1 aromatic rings. The summed E-state index contributed by atoms with van der Waals surface area (Å²) in [5.41, 5.74) is 1.42. The molecule has 1 rings (SSSR count). The van der Waals surface area contributed by atoms with E-state index in [0.29, 0.717) is 5.69 Å². The van der Waals surface area contributed by atoms with E-state index < -0.39 is 0 Å². The number of anilines is 1. The first-order chi connectivity index (χ1) is 7.36. The van der Waals surface area contributed by atoms with Gasteiger partial charge >= 0.3 is 0 Å². The minimum Gasteiger partial charge on any atom is -0.384 e. The third kappa shape index (κ3) is 4.43. The molecule has 2 N–H and O–H groups in total. The SMILES string of the molecule is CCNCCCNc1ccc(C#N)nc1. The van der Waals surface area contributed by atoms with Gasteiger partial charge in [-0.05, 0) is 31.6 Å². The van der Waals surface area contributed by atoms with Crippen molar-refractivity contribution in [3.8, 4) is 6.07 Å². The molecule has 0 saturated heterocycles. The summed E-state index contributed by atoms with van der Waals surface area (Å²) in [5.74, 6) is 0. The fraction of sp³-hybridized carbons (Fsp3) is 0.455. The Labute approximate surface area is 90.3 Å². The third-order valence-corrected chi connectivity index (χ3v) is 1.99. The Hall–Kier alpha value is -1.60. The van der Waals surface area contributed by atoms with Crippen LogP contribution in [-0.4, -0.2) is 24.6 Å². The number of rotatable bonds is 6. The highest BCUT2D eigenvalue weighted by atomic mass is 14.9. The molecule has 0 atom stereocenters. The molecule has 0 aromatic carbocycles. The Balaban J connectivity index is 2.23. The summed E-state index contributed by atoms with van der Waals surface area (Å²) < 4.78 is 0. The van der Waals surface area contributed by atoms with Gasteiger partial charge in [-0.2, -0.15) is 5.26 Å². The maximum absolute atomic E-state index is 8.56. The van der Waals surface area contributed by atoms with E-state index in [9.17, 15) is 0 Å². The fourth-order valence-corrected chi connectivity index (χ4v) is 1.19. The molecule has 0 aliphatic rings. The Morgan fingerprint density at radius 3 is 2.87 bits per heavy atom. The Bertz CT molecular complexity index is 312. The number of hydrogen-bond acceptors (Lipinski definition) is 4. The highest BCUT2D eigenvalue weighted by Crippen LogP contribution is 2.04. The molecule has 15 heavy (non-hydrogen) atoms. The van der Waals surface area contributed by atoms with Gasteiger partial charge in [0.1, 0.15) is 11.8 Å². The molecule has 0 aliphatic heterocycles. The number of pyridine rings is 1. The number of hydrogen-bond donors (Lipinski definition) is 2. The predicted octanol–water partition coefficient (Wildman–Crippen LogP) is 1.36.